The first kappa shape index (κ1) is 15.4. The normalized spacial score (nSPS) is 10.2. The van der Waals surface area contributed by atoms with Gasteiger partial charge >= 0.3 is 5.97 Å². The van der Waals surface area contributed by atoms with Crippen molar-refractivity contribution in [3.8, 4) is 16.0 Å². The maximum Gasteiger partial charge on any atom is 0.312 e. The molecule has 0 spiro atoms. The Morgan fingerprint density at radius 2 is 2.04 bits per heavy atom. The van der Waals surface area contributed by atoms with Crippen molar-refractivity contribution in [3.63, 3.8) is 0 Å². The number of benzene rings is 1. The third-order valence-electron chi connectivity index (χ3n) is 3.09. The number of carbonyl (C=O) groups excluding carboxylic acids is 1. The summed E-state index contributed by atoms with van der Waals surface area (Å²) in [5, 5.41) is 13.6. The number of rotatable bonds is 5. The Bertz CT molecular complexity index is 830. The van der Waals surface area contributed by atoms with Gasteiger partial charge in [0.05, 0.1) is 28.6 Å². The number of ether oxygens (including phenoxy) is 1. The van der Waals surface area contributed by atoms with Crippen molar-refractivity contribution in [2.45, 2.75) is 13.0 Å². The molecular weight excluding hydrogens is 328 g/mol. The average molecular weight is 340 g/mol. The Kier molecular flexibility index (Phi) is 4.81. The van der Waals surface area contributed by atoms with Gasteiger partial charge < -0.3 is 4.74 Å². The molecule has 23 heavy (non-hydrogen) atoms. The van der Waals surface area contributed by atoms with Crippen molar-refractivity contribution < 1.29 is 9.53 Å². The molecule has 3 aromatic rings. The van der Waals surface area contributed by atoms with Gasteiger partial charge in [0.15, 0.2) is 0 Å². The third-order valence-corrected chi connectivity index (χ3v) is 5.02. The predicted molar refractivity (Wildman–Crippen MR) is 90.1 cm³/mol. The highest BCUT2D eigenvalue weighted by Gasteiger charge is 2.10. The number of thiazole rings is 1. The smallest absolute Gasteiger partial charge is 0.312 e. The third kappa shape index (κ3) is 4.03. The van der Waals surface area contributed by atoms with E-state index in [0.717, 1.165) is 21.1 Å². The summed E-state index contributed by atoms with van der Waals surface area (Å²) in [5.41, 5.74) is 2.17. The van der Waals surface area contributed by atoms with Gasteiger partial charge in [0.1, 0.15) is 11.6 Å². The molecule has 0 aliphatic carbocycles. The van der Waals surface area contributed by atoms with E-state index in [0.29, 0.717) is 5.56 Å². The van der Waals surface area contributed by atoms with Crippen LogP contribution in [-0.4, -0.2) is 11.0 Å². The Labute approximate surface area is 141 Å². The fourth-order valence-corrected chi connectivity index (χ4v) is 3.57. The summed E-state index contributed by atoms with van der Waals surface area (Å²) in [4.78, 5) is 17.5. The number of thiophene rings is 1. The van der Waals surface area contributed by atoms with Crippen LogP contribution in [0.2, 0.25) is 0 Å². The van der Waals surface area contributed by atoms with E-state index in [2.05, 4.69) is 11.1 Å². The largest absolute Gasteiger partial charge is 0.461 e. The van der Waals surface area contributed by atoms with Crippen LogP contribution < -0.4 is 0 Å². The van der Waals surface area contributed by atoms with E-state index in [1.54, 1.807) is 35.6 Å². The number of esters is 1. The van der Waals surface area contributed by atoms with Crippen molar-refractivity contribution in [2.24, 2.45) is 0 Å². The molecule has 3 rings (SSSR count). The minimum absolute atomic E-state index is 0.165. The summed E-state index contributed by atoms with van der Waals surface area (Å²) >= 11 is 3.16. The summed E-state index contributed by atoms with van der Waals surface area (Å²) in [7, 11) is 0. The van der Waals surface area contributed by atoms with Crippen LogP contribution in [-0.2, 0) is 22.6 Å². The fraction of sp³-hybridized carbons (Fsp3) is 0.118. The van der Waals surface area contributed by atoms with Crippen molar-refractivity contribution in [2.75, 3.05) is 0 Å². The summed E-state index contributed by atoms with van der Waals surface area (Å²) in [5.74, 6) is -0.308. The van der Waals surface area contributed by atoms with E-state index in [-0.39, 0.29) is 19.0 Å². The minimum Gasteiger partial charge on any atom is -0.461 e. The molecule has 0 radical (unpaired) electrons. The lowest BCUT2D eigenvalue weighted by molar-refractivity contribution is -0.144. The molecule has 0 unspecified atom stereocenters. The number of carbonyl (C=O) groups is 1. The highest BCUT2D eigenvalue weighted by Crippen LogP contribution is 2.27. The van der Waals surface area contributed by atoms with E-state index in [4.69, 9.17) is 10.00 Å². The second-order valence-corrected chi connectivity index (χ2v) is 6.57. The van der Waals surface area contributed by atoms with Crippen LogP contribution in [0.5, 0.6) is 0 Å². The van der Waals surface area contributed by atoms with Crippen LogP contribution in [0, 0.1) is 11.3 Å². The van der Waals surface area contributed by atoms with E-state index in [9.17, 15) is 4.79 Å². The topological polar surface area (TPSA) is 63.0 Å². The van der Waals surface area contributed by atoms with Crippen LogP contribution in [0.4, 0.5) is 0 Å². The minimum atomic E-state index is -0.308. The van der Waals surface area contributed by atoms with Gasteiger partial charge in [-0.1, -0.05) is 18.2 Å². The Morgan fingerprint density at radius 3 is 2.74 bits per heavy atom. The zero-order chi connectivity index (χ0) is 16.1. The van der Waals surface area contributed by atoms with E-state index in [1.165, 1.54) is 11.3 Å². The number of nitriles is 1. The van der Waals surface area contributed by atoms with Crippen LogP contribution in [0.3, 0.4) is 0 Å². The molecule has 0 fully saturated rings. The van der Waals surface area contributed by atoms with E-state index >= 15 is 0 Å². The van der Waals surface area contributed by atoms with E-state index in [1.807, 2.05) is 22.9 Å². The quantitative estimate of drug-likeness (QED) is 0.658. The van der Waals surface area contributed by atoms with Crippen LogP contribution >= 0.6 is 22.7 Å². The van der Waals surface area contributed by atoms with Gasteiger partial charge in [0.25, 0.3) is 0 Å². The maximum absolute atomic E-state index is 11.9. The van der Waals surface area contributed by atoms with Gasteiger partial charge in [-0.2, -0.15) is 5.26 Å². The number of hydrogen-bond donors (Lipinski definition) is 0. The molecule has 0 N–H and O–H groups in total. The van der Waals surface area contributed by atoms with Crippen molar-refractivity contribution in [1.82, 2.24) is 4.98 Å². The SMILES string of the molecule is N#Cc1ccc(COC(=O)Cc2csc(-c3cccs3)n2)cc1. The van der Waals surface area contributed by atoms with Gasteiger partial charge in [-0.15, -0.1) is 22.7 Å². The van der Waals surface area contributed by atoms with Gasteiger partial charge in [-0.05, 0) is 29.1 Å². The van der Waals surface area contributed by atoms with Crippen LogP contribution in [0.25, 0.3) is 9.88 Å². The average Bonchev–Trinajstić information content (AvgIpc) is 3.24. The molecule has 0 atom stereocenters. The Balaban J connectivity index is 1.54. The lowest BCUT2D eigenvalue weighted by atomic mass is 10.2. The van der Waals surface area contributed by atoms with Crippen molar-refractivity contribution in [3.05, 3.63) is 64.0 Å². The molecule has 6 heteroatoms. The Hall–Kier alpha value is -2.49. The highest BCUT2D eigenvalue weighted by atomic mass is 32.1. The molecule has 2 aromatic heterocycles. The standard InChI is InChI=1S/C17H12N2O2S2/c18-9-12-3-5-13(6-4-12)10-21-16(20)8-14-11-23-17(19-14)15-2-1-7-22-15/h1-7,11H,8,10H2. The molecule has 2 heterocycles. The first-order valence-electron chi connectivity index (χ1n) is 6.87. The van der Waals surface area contributed by atoms with Gasteiger partial charge in [-0.25, -0.2) is 4.98 Å². The zero-order valence-electron chi connectivity index (χ0n) is 12.1. The molecule has 0 saturated carbocycles. The fourth-order valence-electron chi connectivity index (χ4n) is 1.94. The lowest BCUT2D eigenvalue weighted by Crippen LogP contribution is -2.08. The molecule has 0 bridgehead atoms. The highest BCUT2D eigenvalue weighted by molar-refractivity contribution is 7.20. The second-order valence-electron chi connectivity index (χ2n) is 4.77. The second kappa shape index (κ2) is 7.18. The first-order valence-corrected chi connectivity index (χ1v) is 8.63. The molecule has 114 valence electrons. The predicted octanol–water partition coefficient (Wildman–Crippen LogP) is 4.03. The molecule has 0 saturated heterocycles. The van der Waals surface area contributed by atoms with Crippen molar-refractivity contribution in [1.29, 1.82) is 5.26 Å². The van der Waals surface area contributed by atoms with Gasteiger partial charge in [0, 0.05) is 5.38 Å². The summed E-state index contributed by atoms with van der Waals surface area (Å²) in [6.07, 6.45) is 0.165. The van der Waals surface area contributed by atoms with Crippen LogP contribution in [0.15, 0.2) is 47.2 Å². The molecule has 0 amide bonds. The number of hydrogen-bond acceptors (Lipinski definition) is 6. The number of aromatic nitrogens is 1. The summed E-state index contributed by atoms with van der Waals surface area (Å²) in [6.45, 7) is 0.201. The summed E-state index contributed by atoms with van der Waals surface area (Å²) in [6, 6.07) is 13.0. The first-order chi connectivity index (χ1) is 11.2. The van der Waals surface area contributed by atoms with E-state index < -0.39 is 0 Å². The van der Waals surface area contributed by atoms with Crippen LogP contribution in [0.1, 0.15) is 16.8 Å². The summed E-state index contributed by atoms with van der Waals surface area (Å²) < 4.78 is 5.25. The van der Waals surface area contributed by atoms with Crippen molar-refractivity contribution >= 4 is 28.6 Å². The Morgan fingerprint density at radius 1 is 1.22 bits per heavy atom. The monoisotopic (exact) mass is 340 g/mol. The molecule has 1 aromatic carbocycles. The molecule has 4 nitrogen and oxygen atoms in total. The molecular formula is C17H12N2O2S2. The molecule has 0 aliphatic rings. The molecule has 0 aliphatic heterocycles. The maximum atomic E-state index is 11.9. The zero-order valence-corrected chi connectivity index (χ0v) is 13.7. The van der Waals surface area contributed by atoms with Gasteiger partial charge in [0.2, 0.25) is 0 Å². The lowest BCUT2D eigenvalue weighted by Gasteiger charge is -2.04. The number of nitrogens with zero attached hydrogens (tertiary/aromatic N) is 2. The van der Waals surface area contributed by atoms with Gasteiger partial charge in [-0.3, -0.25) is 4.79 Å².